The SMILES string of the molecule is C[C@@H](Nc1ncc(C#N)c2c1cc(N1CCN(C3CC3)CC1)c(=O)n2C)c1cc(N)cc(C(F)(F)F)c1. The molecule has 1 atom stereocenters. The Kier molecular flexibility index (Phi) is 6.23. The molecule has 1 aromatic carbocycles. The Morgan fingerprint density at radius 3 is 2.49 bits per heavy atom. The molecule has 2 aromatic heterocycles. The van der Waals surface area contributed by atoms with Crippen molar-refractivity contribution in [3.05, 3.63) is 57.5 Å². The molecular formula is C26H28F3N7O. The molecule has 8 nitrogen and oxygen atoms in total. The van der Waals surface area contributed by atoms with Crippen LogP contribution in [0.1, 0.15) is 42.5 Å². The Balaban J connectivity index is 1.53. The number of nitrogens with one attached hydrogen (secondary N) is 1. The predicted molar refractivity (Wildman–Crippen MR) is 136 cm³/mol. The number of halogens is 3. The third kappa shape index (κ3) is 4.81. The van der Waals surface area contributed by atoms with Gasteiger partial charge in [-0.05, 0) is 49.6 Å². The fraction of sp³-hybridized carbons (Fsp3) is 0.423. The number of benzene rings is 1. The van der Waals surface area contributed by atoms with Crippen LogP contribution in [-0.4, -0.2) is 46.7 Å². The molecule has 2 fully saturated rings. The molecule has 0 unspecified atom stereocenters. The molecule has 0 spiro atoms. The number of alkyl halides is 3. The number of anilines is 3. The minimum atomic E-state index is -4.53. The Morgan fingerprint density at radius 1 is 1.16 bits per heavy atom. The summed E-state index contributed by atoms with van der Waals surface area (Å²) in [6.07, 6.45) is -0.707. The fourth-order valence-corrected chi connectivity index (χ4v) is 5.06. The maximum atomic E-state index is 13.3. The van der Waals surface area contributed by atoms with Crippen LogP contribution in [0.2, 0.25) is 0 Å². The van der Waals surface area contributed by atoms with E-state index in [0.29, 0.717) is 47.1 Å². The average molecular weight is 512 g/mol. The number of fused-ring (bicyclic) bond motifs is 1. The van der Waals surface area contributed by atoms with Gasteiger partial charge < -0.3 is 20.5 Å². The number of hydrogen-bond donors (Lipinski definition) is 2. The Bertz CT molecular complexity index is 1450. The molecule has 5 rings (SSSR count). The van der Waals surface area contributed by atoms with E-state index in [0.717, 1.165) is 25.2 Å². The smallest absolute Gasteiger partial charge is 0.399 e. The van der Waals surface area contributed by atoms with Crippen molar-refractivity contribution in [1.82, 2.24) is 14.5 Å². The summed E-state index contributed by atoms with van der Waals surface area (Å²) in [7, 11) is 1.62. The standard InChI is InChI=1S/C26H28F3N7O/c1-15(16-9-18(26(27,28)29)11-19(31)10-16)33-24-21-12-22(36-7-5-35(6-8-36)20-3-4-20)25(37)34(2)23(21)17(13-30)14-32-24/h9-12,14-15,20H,3-8,31H2,1-2H3,(H,32,33)/t15-/m1/s1. The Hall–Kier alpha value is -3.78. The van der Waals surface area contributed by atoms with Crippen LogP contribution in [0.25, 0.3) is 10.9 Å². The molecule has 11 heteroatoms. The molecule has 3 heterocycles. The lowest BCUT2D eigenvalue weighted by Gasteiger charge is -2.36. The summed E-state index contributed by atoms with van der Waals surface area (Å²) in [5.74, 6) is 0.367. The van der Waals surface area contributed by atoms with Crippen LogP contribution in [0.3, 0.4) is 0 Å². The Morgan fingerprint density at radius 2 is 1.86 bits per heavy atom. The highest BCUT2D eigenvalue weighted by atomic mass is 19.4. The second kappa shape index (κ2) is 9.27. The zero-order valence-corrected chi connectivity index (χ0v) is 20.6. The van der Waals surface area contributed by atoms with Gasteiger partial charge in [-0.2, -0.15) is 18.4 Å². The normalized spacial score (nSPS) is 17.6. The highest BCUT2D eigenvalue weighted by Gasteiger charge is 2.33. The quantitative estimate of drug-likeness (QED) is 0.502. The zero-order valence-electron chi connectivity index (χ0n) is 20.6. The van der Waals surface area contributed by atoms with Crippen molar-refractivity contribution in [2.75, 3.05) is 42.1 Å². The second-order valence-corrected chi connectivity index (χ2v) is 9.79. The number of aromatic nitrogens is 2. The number of hydrogen-bond acceptors (Lipinski definition) is 7. The average Bonchev–Trinajstić information content (AvgIpc) is 3.71. The van der Waals surface area contributed by atoms with Gasteiger partial charge in [0.2, 0.25) is 0 Å². The predicted octanol–water partition coefficient (Wildman–Crippen LogP) is 3.86. The summed E-state index contributed by atoms with van der Waals surface area (Å²) in [5, 5.41) is 13.4. The van der Waals surface area contributed by atoms with Gasteiger partial charge in [-0.25, -0.2) is 4.98 Å². The first-order chi connectivity index (χ1) is 17.6. The first-order valence-corrected chi connectivity index (χ1v) is 12.2. The van der Waals surface area contributed by atoms with E-state index >= 15 is 0 Å². The van der Waals surface area contributed by atoms with Crippen molar-refractivity contribution in [3.63, 3.8) is 0 Å². The van der Waals surface area contributed by atoms with Gasteiger partial charge in [0.25, 0.3) is 5.56 Å². The van der Waals surface area contributed by atoms with Crippen LogP contribution in [0.5, 0.6) is 0 Å². The number of nitriles is 1. The molecule has 3 aromatic rings. The lowest BCUT2D eigenvalue weighted by atomic mass is 10.0. The molecule has 1 saturated carbocycles. The van der Waals surface area contributed by atoms with Gasteiger partial charge in [0.15, 0.2) is 0 Å². The van der Waals surface area contributed by atoms with E-state index in [9.17, 15) is 23.2 Å². The molecule has 0 radical (unpaired) electrons. The van der Waals surface area contributed by atoms with E-state index in [4.69, 9.17) is 5.73 Å². The van der Waals surface area contributed by atoms with E-state index in [2.05, 4.69) is 26.2 Å². The highest BCUT2D eigenvalue weighted by molar-refractivity contribution is 5.95. The van der Waals surface area contributed by atoms with Crippen LogP contribution in [0.4, 0.5) is 30.4 Å². The maximum Gasteiger partial charge on any atom is 0.416 e. The van der Waals surface area contributed by atoms with E-state index in [1.165, 1.54) is 29.7 Å². The van der Waals surface area contributed by atoms with Gasteiger partial charge in [0.1, 0.15) is 17.6 Å². The van der Waals surface area contributed by atoms with Crippen LogP contribution >= 0.6 is 0 Å². The van der Waals surface area contributed by atoms with Crippen molar-refractivity contribution in [3.8, 4) is 6.07 Å². The lowest BCUT2D eigenvalue weighted by Crippen LogP contribution is -2.48. The highest BCUT2D eigenvalue weighted by Crippen LogP contribution is 2.35. The Labute approximate surface area is 212 Å². The maximum absolute atomic E-state index is 13.3. The van der Waals surface area contributed by atoms with Gasteiger partial charge in [-0.15, -0.1) is 0 Å². The molecule has 1 aliphatic carbocycles. The van der Waals surface area contributed by atoms with Gasteiger partial charge in [-0.3, -0.25) is 9.69 Å². The largest absolute Gasteiger partial charge is 0.416 e. The summed E-state index contributed by atoms with van der Waals surface area (Å²) < 4.78 is 41.5. The van der Waals surface area contributed by atoms with Crippen LogP contribution in [-0.2, 0) is 13.2 Å². The topological polar surface area (TPSA) is 103 Å². The molecule has 194 valence electrons. The molecule has 3 N–H and O–H groups in total. The number of nitrogen functional groups attached to an aromatic ring is 1. The van der Waals surface area contributed by atoms with Crippen LogP contribution in [0, 0.1) is 11.3 Å². The minimum absolute atomic E-state index is 0.00569. The third-order valence-corrected chi connectivity index (χ3v) is 7.23. The molecule has 0 amide bonds. The second-order valence-electron chi connectivity index (χ2n) is 9.79. The number of rotatable bonds is 5. The van der Waals surface area contributed by atoms with Gasteiger partial charge in [0, 0.05) is 56.5 Å². The summed E-state index contributed by atoms with van der Waals surface area (Å²) >= 11 is 0. The molecule has 0 bridgehead atoms. The van der Waals surface area contributed by atoms with E-state index in [-0.39, 0.29) is 16.8 Å². The van der Waals surface area contributed by atoms with Crippen LogP contribution < -0.4 is 21.5 Å². The first-order valence-electron chi connectivity index (χ1n) is 12.2. The lowest BCUT2D eigenvalue weighted by molar-refractivity contribution is -0.137. The number of aryl methyl sites for hydroxylation is 1. The molecular weight excluding hydrogens is 483 g/mol. The summed E-state index contributed by atoms with van der Waals surface area (Å²) in [6.45, 7) is 4.89. The molecule has 1 aliphatic heterocycles. The van der Waals surface area contributed by atoms with Crippen molar-refractivity contribution < 1.29 is 13.2 Å². The summed E-state index contributed by atoms with van der Waals surface area (Å²) in [4.78, 5) is 22.3. The number of nitrogens with two attached hydrogens (primary N) is 1. The van der Waals surface area contributed by atoms with E-state index < -0.39 is 17.8 Å². The molecule has 37 heavy (non-hydrogen) atoms. The number of piperazine rings is 1. The van der Waals surface area contributed by atoms with E-state index in [1.807, 2.05) is 0 Å². The monoisotopic (exact) mass is 511 g/mol. The van der Waals surface area contributed by atoms with Crippen molar-refractivity contribution in [1.29, 1.82) is 5.26 Å². The van der Waals surface area contributed by atoms with Crippen molar-refractivity contribution >= 4 is 28.1 Å². The third-order valence-electron chi connectivity index (χ3n) is 7.23. The fourth-order valence-electron chi connectivity index (χ4n) is 5.06. The van der Waals surface area contributed by atoms with Crippen molar-refractivity contribution in [2.24, 2.45) is 7.05 Å². The van der Waals surface area contributed by atoms with Gasteiger partial charge in [0.05, 0.1) is 22.7 Å². The van der Waals surface area contributed by atoms with E-state index in [1.54, 1.807) is 20.0 Å². The van der Waals surface area contributed by atoms with Crippen LogP contribution in [0.15, 0.2) is 35.3 Å². The molecule has 2 aliphatic rings. The van der Waals surface area contributed by atoms with Crippen molar-refractivity contribution in [2.45, 2.75) is 38.0 Å². The summed E-state index contributed by atoms with van der Waals surface area (Å²) in [5.41, 5.74) is 6.24. The first kappa shape index (κ1) is 24.9. The molecule has 1 saturated heterocycles. The van der Waals surface area contributed by atoms with Gasteiger partial charge in [-0.1, -0.05) is 0 Å². The minimum Gasteiger partial charge on any atom is -0.399 e. The number of nitrogens with zero attached hydrogens (tertiary/aromatic N) is 5. The zero-order chi connectivity index (χ0) is 26.5. The summed E-state index contributed by atoms with van der Waals surface area (Å²) in [6, 6.07) is 7.35. The van der Waals surface area contributed by atoms with Gasteiger partial charge >= 0.3 is 6.18 Å². The number of pyridine rings is 2.